The van der Waals surface area contributed by atoms with Crippen molar-refractivity contribution in [2.45, 2.75) is 25.3 Å². The average molecular weight is 541 g/mol. The predicted molar refractivity (Wildman–Crippen MR) is 158 cm³/mol. The van der Waals surface area contributed by atoms with E-state index in [0.717, 1.165) is 38.0 Å². The standard InChI is InChI=1S/C30H26N3OS3/c1-3-31-22-14-8-10-16-24(22)35-27(31)19-18-26-30(34)33(21-12-6-5-7-13-21)29(37-26)20-28-32(4-2)23-15-9-11-17-25(23)36-28/h5-20H,3-4H2,1-2H3/q+1/b26-18-,27-19-. The maximum absolute atomic E-state index is 13.8. The van der Waals surface area contributed by atoms with Crippen molar-refractivity contribution >= 4 is 62.5 Å². The second-order valence-corrected chi connectivity index (χ2v) is 11.7. The van der Waals surface area contributed by atoms with Gasteiger partial charge >= 0.3 is 0 Å². The Bertz CT molecular complexity index is 1810. The molecule has 0 radical (unpaired) electrons. The summed E-state index contributed by atoms with van der Waals surface area (Å²) < 4.78 is 7.04. The second kappa shape index (κ2) is 10.2. The summed E-state index contributed by atoms with van der Waals surface area (Å²) in [5, 5.41) is 2.28. The lowest BCUT2D eigenvalue weighted by atomic mass is 10.3. The Labute approximate surface area is 227 Å². The first-order valence-electron chi connectivity index (χ1n) is 12.3. The van der Waals surface area contributed by atoms with Crippen LogP contribution in [0.2, 0.25) is 0 Å². The molecule has 0 saturated heterocycles. The Hall–Kier alpha value is -3.39. The molecule has 7 heteroatoms. The van der Waals surface area contributed by atoms with E-state index in [2.05, 4.69) is 84.0 Å². The number of thioether (sulfide) groups is 1. The average Bonchev–Trinajstić information content (AvgIpc) is 3.57. The van der Waals surface area contributed by atoms with Crippen LogP contribution in [0.1, 0.15) is 18.9 Å². The first kappa shape index (κ1) is 24.0. The van der Waals surface area contributed by atoms with E-state index in [-0.39, 0.29) is 5.56 Å². The first-order chi connectivity index (χ1) is 18.2. The molecule has 0 unspecified atom stereocenters. The van der Waals surface area contributed by atoms with E-state index >= 15 is 0 Å². The minimum absolute atomic E-state index is 0.00650. The van der Waals surface area contributed by atoms with Crippen LogP contribution >= 0.6 is 34.4 Å². The number of aromatic nitrogens is 2. The Morgan fingerprint density at radius 2 is 1.62 bits per heavy atom. The molecule has 4 nitrogen and oxygen atoms in total. The number of nitrogens with zero attached hydrogens (tertiary/aromatic N) is 3. The number of hydrogen-bond donors (Lipinski definition) is 0. The Morgan fingerprint density at radius 1 is 0.865 bits per heavy atom. The largest absolute Gasteiger partial charge is 0.335 e. The summed E-state index contributed by atoms with van der Waals surface area (Å²) >= 11 is 5.05. The van der Waals surface area contributed by atoms with Gasteiger partial charge in [-0.2, -0.15) is 4.57 Å². The molecular weight excluding hydrogens is 515 g/mol. The summed E-state index contributed by atoms with van der Waals surface area (Å²) in [6, 6.07) is 26.8. The summed E-state index contributed by atoms with van der Waals surface area (Å²) in [5.74, 6) is 0. The lowest BCUT2D eigenvalue weighted by Gasteiger charge is -2.17. The Morgan fingerprint density at radius 3 is 2.43 bits per heavy atom. The summed E-state index contributed by atoms with van der Waals surface area (Å²) in [6.45, 7) is 6.07. The van der Waals surface area contributed by atoms with E-state index < -0.39 is 0 Å². The van der Waals surface area contributed by atoms with E-state index in [4.69, 9.17) is 0 Å². The van der Waals surface area contributed by atoms with Crippen molar-refractivity contribution in [3.8, 4) is 5.69 Å². The first-order valence-corrected chi connectivity index (χ1v) is 14.8. The van der Waals surface area contributed by atoms with Crippen molar-refractivity contribution in [2.75, 3.05) is 11.4 Å². The van der Waals surface area contributed by atoms with Gasteiger partial charge in [0.15, 0.2) is 0 Å². The highest BCUT2D eigenvalue weighted by atomic mass is 32.2. The van der Waals surface area contributed by atoms with Crippen LogP contribution in [-0.4, -0.2) is 11.1 Å². The van der Waals surface area contributed by atoms with Crippen molar-refractivity contribution < 1.29 is 4.57 Å². The van der Waals surface area contributed by atoms with E-state index in [1.165, 1.54) is 20.8 Å². The third-order valence-corrected chi connectivity index (χ3v) is 9.68. The van der Waals surface area contributed by atoms with Crippen LogP contribution < -0.4 is 24.2 Å². The number of aryl methyl sites for hydroxylation is 1. The third-order valence-electron chi connectivity index (χ3n) is 6.39. The number of rotatable bonds is 5. The summed E-state index contributed by atoms with van der Waals surface area (Å²) in [7, 11) is 0. The van der Waals surface area contributed by atoms with E-state index in [0.29, 0.717) is 0 Å². The van der Waals surface area contributed by atoms with Gasteiger partial charge in [0.1, 0.15) is 15.9 Å². The lowest BCUT2D eigenvalue weighted by Crippen LogP contribution is -2.35. The highest BCUT2D eigenvalue weighted by Gasteiger charge is 2.23. The summed E-state index contributed by atoms with van der Waals surface area (Å²) in [6.07, 6.45) is 6.24. The van der Waals surface area contributed by atoms with Crippen LogP contribution in [0.5, 0.6) is 0 Å². The minimum atomic E-state index is 0.00650. The topological polar surface area (TPSA) is 29.1 Å². The fraction of sp³-hybridized carbons (Fsp3) is 0.133. The van der Waals surface area contributed by atoms with E-state index in [1.54, 1.807) is 34.4 Å². The van der Waals surface area contributed by atoms with Gasteiger partial charge < -0.3 is 4.90 Å². The van der Waals surface area contributed by atoms with E-state index in [9.17, 15) is 4.79 Å². The maximum Gasteiger partial charge on any atom is 0.273 e. The normalized spacial score (nSPS) is 15.3. The van der Waals surface area contributed by atoms with Gasteiger partial charge in [-0.15, -0.1) is 11.3 Å². The van der Waals surface area contributed by atoms with Crippen molar-refractivity contribution in [3.05, 3.63) is 115 Å². The predicted octanol–water partition coefficient (Wildman–Crippen LogP) is 5.50. The quantitative estimate of drug-likeness (QED) is 0.276. The molecule has 184 valence electrons. The third kappa shape index (κ3) is 4.37. The fourth-order valence-corrected chi connectivity index (χ4v) is 8.03. The van der Waals surface area contributed by atoms with Crippen LogP contribution in [0.4, 0.5) is 5.69 Å². The fourth-order valence-electron chi connectivity index (χ4n) is 4.68. The van der Waals surface area contributed by atoms with Crippen LogP contribution in [0.25, 0.3) is 28.1 Å². The van der Waals surface area contributed by atoms with Gasteiger partial charge in [-0.05, 0) is 56.3 Å². The highest BCUT2D eigenvalue weighted by molar-refractivity contribution is 8.03. The van der Waals surface area contributed by atoms with Crippen LogP contribution in [0, 0.1) is 0 Å². The zero-order valence-electron chi connectivity index (χ0n) is 20.6. The highest BCUT2D eigenvalue weighted by Crippen LogP contribution is 2.45. The number of hydrogen-bond acceptors (Lipinski definition) is 5. The number of anilines is 1. The summed E-state index contributed by atoms with van der Waals surface area (Å²) in [4.78, 5) is 17.3. The number of benzene rings is 3. The van der Waals surface area contributed by atoms with Gasteiger partial charge in [0.25, 0.3) is 10.6 Å². The monoisotopic (exact) mass is 540 g/mol. The number of para-hydroxylation sites is 3. The van der Waals surface area contributed by atoms with Gasteiger partial charge in [-0.1, -0.05) is 65.6 Å². The van der Waals surface area contributed by atoms with Gasteiger partial charge in [0.05, 0.1) is 27.0 Å². The Balaban J connectivity index is 1.53. The molecule has 5 aromatic rings. The SMILES string of the molecule is CCN1/C(=C/C=c2\s/c(=C\c3sc4ccccc4[n+]3CC)n(-c3ccccc3)c2=O)Sc2ccccc21. The van der Waals surface area contributed by atoms with Crippen molar-refractivity contribution in [1.82, 2.24) is 4.57 Å². The summed E-state index contributed by atoms with van der Waals surface area (Å²) in [5.41, 5.74) is 3.34. The molecule has 3 aromatic carbocycles. The lowest BCUT2D eigenvalue weighted by molar-refractivity contribution is -0.665. The molecule has 0 saturated carbocycles. The van der Waals surface area contributed by atoms with Crippen molar-refractivity contribution in [2.24, 2.45) is 0 Å². The molecule has 0 fully saturated rings. The van der Waals surface area contributed by atoms with Crippen molar-refractivity contribution in [1.29, 1.82) is 0 Å². The molecule has 0 N–H and O–H groups in total. The maximum atomic E-state index is 13.8. The number of allylic oxidation sites excluding steroid dienone is 1. The van der Waals surface area contributed by atoms with Crippen LogP contribution in [-0.2, 0) is 6.54 Å². The minimum Gasteiger partial charge on any atom is -0.335 e. The molecule has 6 rings (SSSR count). The van der Waals surface area contributed by atoms with Gasteiger partial charge in [0, 0.05) is 17.5 Å². The molecule has 2 aromatic heterocycles. The molecule has 0 spiro atoms. The van der Waals surface area contributed by atoms with E-state index in [1.807, 2.05) is 41.0 Å². The smallest absolute Gasteiger partial charge is 0.273 e. The number of thiazole rings is 2. The second-order valence-electron chi connectivity index (χ2n) is 8.56. The molecule has 0 bridgehead atoms. The van der Waals surface area contributed by atoms with Crippen molar-refractivity contribution in [3.63, 3.8) is 0 Å². The molecule has 0 aliphatic carbocycles. The molecular formula is C30H26N3OS3+. The zero-order valence-corrected chi connectivity index (χ0v) is 23.1. The van der Waals surface area contributed by atoms with Gasteiger partial charge in [-0.3, -0.25) is 9.36 Å². The van der Waals surface area contributed by atoms with Crippen LogP contribution in [0.15, 0.2) is 99.7 Å². The van der Waals surface area contributed by atoms with Crippen LogP contribution in [0.3, 0.4) is 0 Å². The van der Waals surface area contributed by atoms with Gasteiger partial charge in [-0.25, -0.2) is 0 Å². The molecule has 0 atom stereocenters. The molecule has 0 amide bonds. The molecule has 1 aliphatic rings. The molecule has 3 heterocycles. The van der Waals surface area contributed by atoms with Gasteiger partial charge in [0.2, 0.25) is 5.52 Å². The Kier molecular flexibility index (Phi) is 6.59. The number of fused-ring (bicyclic) bond motifs is 2. The zero-order chi connectivity index (χ0) is 25.4. The molecule has 1 aliphatic heterocycles. The molecule has 37 heavy (non-hydrogen) atoms.